The van der Waals surface area contributed by atoms with Crippen molar-refractivity contribution >= 4 is 22.3 Å². The van der Waals surface area contributed by atoms with Gasteiger partial charge in [-0.05, 0) is 56.8 Å². The highest BCUT2D eigenvalue weighted by atomic mass is 19.1. The average molecular weight is 406 g/mol. The van der Waals surface area contributed by atoms with Crippen molar-refractivity contribution in [3.05, 3.63) is 64.5 Å². The topological polar surface area (TPSA) is 54.0 Å². The quantitative estimate of drug-likeness (QED) is 0.475. The van der Waals surface area contributed by atoms with Crippen LogP contribution in [0.25, 0.3) is 27.9 Å². The zero-order valence-electron chi connectivity index (χ0n) is 17.1. The van der Waals surface area contributed by atoms with Gasteiger partial charge in [0.25, 0.3) is 0 Å². The summed E-state index contributed by atoms with van der Waals surface area (Å²) in [5, 5.41) is 0.814. The molecule has 0 saturated carbocycles. The van der Waals surface area contributed by atoms with Gasteiger partial charge in [0.1, 0.15) is 5.58 Å². The summed E-state index contributed by atoms with van der Waals surface area (Å²) in [4.78, 5) is 21.7. The van der Waals surface area contributed by atoms with E-state index >= 15 is 0 Å². The summed E-state index contributed by atoms with van der Waals surface area (Å²) in [6, 6.07) is 9.15. The molecule has 1 fully saturated rings. The molecule has 0 atom stereocenters. The van der Waals surface area contributed by atoms with E-state index < -0.39 is 11.4 Å². The Morgan fingerprint density at radius 1 is 1.07 bits per heavy atom. The standard InChI is InChI=1S/C23H23FN4O2/c1-15-10-19(24)22-25-20(14-28(22)13-15)18-11-16-4-5-17(12-21(16)30-23(18)29)27-7-3-6-26(2)8-9-27/h4-5,10-14H,3,6-9H2,1-2H3. The van der Waals surface area contributed by atoms with E-state index in [1.165, 1.54) is 6.07 Å². The molecule has 30 heavy (non-hydrogen) atoms. The normalized spacial score (nSPS) is 15.8. The molecule has 4 heterocycles. The number of anilines is 1. The Labute approximate surface area is 173 Å². The van der Waals surface area contributed by atoms with E-state index in [9.17, 15) is 9.18 Å². The number of aryl methyl sites for hydroxylation is 1. The highest BCUT2D eigenvalue weighted by molar-refractivity contribution is 5.84. The zero-order chi connectivity index (χ0) is 20.8. The lowest BCUT2D eigenvalue weighted by atomic mass is 10.1. The number of halogens is 1. The molecule has 6 nitrogen and oxygen atoms in total. The minimum absolute atomic E-state index is 0.191. The van der Waals surface area contributed by atoms with Gasteiger partial charge in [-0.15, -0.1) is 0 Å². The predicted molar refractivity (Wildman–Crippen MR) is 116 cm³/mol. The minimum atomic E-state index is -0.476. The van der Waals surface area contributed by atoms with Gasteiger partial charge in [-0.1, -0.05) is 0 Å². The van der Waals surface area contributed by atoms with Gasteiger partial charge in [0, 0.05) is 49.2 Å². The fourth-order valence-corrected chi connectivity index (χ4v) is 4.10. The Morgan fingerprint density at radius 2 is 1.93 bits per heavy atom. The van der Waals surface area contributed by atoms with Crippen molar-refractivity contribution < 1.29 is 8.81 Å². The number of aromatic nitrogens is 2. The molecule has 7 heteroatoms. The lowest BCUT2D eigenvalue weighted by Crippen LogP contribution is -2.28. The van der Waals surface area contributed by atoms with Gasteiger partial charge < -0.3 is 18.6 Å². The van der Waals surface area contributed by atoms with E-state index in [0.717, 1.165) is 49.2 Å². The summed E-state index contributed by atoms with van der Waals surface area (Å²) in [5.74, 6) is -0.417. The van der Waals surface area contributed by atoms with Gasteiger partial charge in [-0.2, -0.15) is 0 Å². The highest BCUT2D eigenvalue weighted by Crippen LogP contribution is 2.26. The van der Waals surface area contributed by atoms with E-state index in [1.807, 2.05) is 19.1 Å². The minimum Gasteiger partial charge on any atom is -0.422 e. The molecular formula is C23H23FN4O2. The van der Waals surface area contributed by atoms with E-state index in [-0.39, 0.29) is 5.65 Å². The third-order valence-electron chi connectivity index (χ3n) is 5.72. The van der Waals surface area contributed by atoms with Gasteiger partial charge in [0.05, 0.1) is 11.3 Å². The Bertz CT molecular complexity index is 1310. The van der Waals surface area contributed by atoms with E-state index in [1.54, 1.807) is 22.9 Å². The smallest absolute Gasteiger partial charge is 0.345 e. The molecule has 0 unspecified atom stereocenters. The zero-order valence-corrected chi connectivity index (χ0v) is 17.1. The number of pyridine rings is 1. The van der Waals surface area contributed by atoms with Crippen LogP contribution in [0.4, 0.5) is 10.1 Å². The molecule has 1 saturated heterocycles. The number of benzene rings is 1. The summed E-state index contributed by atoms with van der Waals surface area (Å²) in [5.41, 5.74) is 2.82. The maximum atomic E-state index is 14.2. The van der Waals surface area contributed by atoms with Crippen molar-refractivity contribution in [1.29, 1.82) is 0 Å². The number of nitrogens with zero attached hydrogens (tertiary/aromatic N) is 4. The lowest BCUT2D eigenvalue weighted by molar-refractivity contribution is 0.360. The van der Waals surface area contributed by atoms with E-state index in [4.69, 9.17) is 4.42 Å². The van der Waals surface area contributed by atoms with Gasteiger partial charge in [-0.3, -0.25) is 0 Å². The van der Waals surface area contributed by atoms with Crippen LogP contribution in [0.3, 0.4) is 0 Å². The molecule has 0 N–H and O–H groups in total. The molecule has 1 aromatic carbocycles. The summed E-state index contributed by atoms with van der Waals surface area (Å²) < 4.78 is 21.5. The van der Waals surface area contributed by atoms with Crippen molar-refractivity contribution in [3.8, 4) is 11.3 Å². The first kappa shape index (κ1) is 18.8. The van der Waals surface area contributed by atoms with Crippen molar-refractivity contribution in [1.82, 2.24) is 14.3 Å². The average Bonchev–Trinajstić information content (AvgIpc) is 3.01. The molecule has 0 amide bonds. The summed E-state index contributed by atoms with van der Waals surface area (Å²) in [7, 11) is 2.14. The molecule has 0 radical (unpaired) electrons. The maximum Gasteiger partial charge on any atom is 0.345 e. The first-order chi connectivity index (χ1) is 14.5. The van der Waals surface area contributed by atoms with Crippen molar-refractivity contribution in [2.75, 3.05) is 38.1 Å². The Balaban J connectivity index is 1.54. The maximum absolute atomic E-state index is 14.2. The van der Waals surface area contributed by atoms with Crippen LogP contribution < -0.4 is 10.5 Å². The van der Waals surface area contributed by atoms with Gasteiger partial charge in [0.2, 0.25) is 0 Å². The molecule has 1 aliphatic heterocycles. The van der Waals surface area contributed by atoms with Crippen LogP contribution in [0, 0.1) is 12.7 Å². The number of imidazole rings is 1. The summed E-state index contributed by atoms with van der Waals surface area (Å²) in [6.07, 6.45) is 4.54. The Morgan fingerprint density at radius 3 is 2.80 bits per heavy atom. The lowest BCUT2D eigenvalue weighted by Gasteiger charge is -2.22. The molecule has 5 rings (SSSR count). The first-order valence-corrected chi connectivity index (χ1v) is 10.1. The van der Waals surface area contributed by atoms with Crippen molar-refractivity contribution in [3.63, 3.8) is 0 Å². The monoisotopic (exact) mass is 406 g/mol. The second-order valence-corrected chi connectivity index (χ2v) is 8.04. The number of fused-ring (bicyclic) bond motifs is 2. The summed E-state index contributed by atoms with van der Waals surface area (Å²) >= 11 is 0. The predicted octanol–water partition coefficient (Wildman–Crippen LogP) is 3.70. The fraction of sp³-hybridized carbons (Fsp3) is 0.304. The largest absolute Gasteiger partial charge is 0.422 e. The van der Waals surface area contributed by atoms with Crippen molar-refractivity contribution in [2.45, 2.75) is 13.3 Å². The number of hydrogen-bond donors (Lipinski definition) is 0. The van der Waals surface area contributed by atoms with Crippen LogP contribution >= 0.6 is 0 Å². The van der Waals surface area contributed by atoms with E-state index in [2.05, 4.69) is 27.9 Å². The molecule has 0 bridgehead atoms. The molecule has 154 valence electrons. The molecule has 1 aliphatic rings. The van der Waals surface area contributed by atoms with Crippen LogP contribution in [-0.4, -0.2) is 47.5 Å². The third-order valence-corrected chi connectivity index (χ3v) is 5.72. The SMILES string of the molecule is Cc1cc(F)c2nc(-c3cc4ccc(N5CCCN(C)CC5)cc4oc3=O)cn2c1. The van der Waals surface area contributed by atoms with Crippen molar-refractivity contribution in [2.24, 2.45) is 0 Å². The summed E-state index contributed by atoms with van der Waals surface area (Å²) in [6.45, 7) is 5.82. The van der Waals surface area contributed by atoms with Crippen LogP contribution in [0.15, 0.2) is 51.9 Å². The van der Waals surface area contributed by atoms with Crippen LogP contribution in [0.2, 0.25) is 0 Å². The van der Waals surface area contributed by atoms with Crippen LogP contribution in [-0.2, 0) is 0 Å². The fourth-order valence-electron chi connectivity index (χ4n) is 4.10. The first-order valence-electron chi connectivity index (χ1n) is 10.1. The number of hydrogen-bond acceptors (Lipinski definition) is 5. The Hall–Kier alpha value is -3.19. The highest BCUT2D eigenvalue weighted by Gasteiger charge is 2.16. The second-order valence-electron chi connectivity index (χ2n) is 8.04. The second kappa shape index (κ2) is 7.25. The molecular weight excluding hydrogens is 383 g/mol. The van der Waals surface area contributed by atoms with Crippen LogP contribution in [0.1, 0.15) is 12.0 Å². The molecule has 4 aromatic rings. The Kier molecular flexibility index (Phi) is 4.55. The van der Waals surface area contributed by atoms with Gasteiger partial charge in [0.15, 0.2) is 11.5 Å². The van der Waals surface area contributed by atoms with E-state index in [0.29, 0.717) is 16.8 Å². The van der Waals surface area contributed by atoms with Crippen LogP contribution in [0.5, 0.6) is 0 Å². The molecule has 0 aliphatic carbocycles. The van der Waals surface area contributed by atoms with Gasteiger partial charge >= 0.3 is 5.63 Å². The third kappa shape index (κ3) is 3.35. The number of likely N-dealkylation sites (N-methyl/N-ethyl adjacent to an activating group) is 1. The molecule has 0 spiro atoms. The molecule has 3 aromatic heterocycles. The van der Waals surface area contributed by atoms with Gasteiger partial charge in [-0.25, -0.2) is 14.2 Å². The number of rotatable bonds is 2.